The van der Waals surface area contributed by atoms with E-state index in [0.29, 0.717) is 6.54 Å². The zero-order valence-electron chi connectivity index (χ0n) is 8.48. The lowest BCUT2D eigenvalue weighted by atomic mass is 9.99. The average Bonchev–Trinajstić information content (AvgIpc) is 2.21. The van der Waals surface area contributed by atoms with Gasteiger partial charge >= 0.3 is 0 Å². The first-order valence-corrected chi connectivity index (χ1v) is 4.82. The van der Waals surface area contributed by atoms with Gasteiger partial charge in [-0.25, -0.2) is 0 Å². The van der Waals surface area contributed by atoms with Gasteiger partial charge in [0.1, 0.15) is 0 Å². The Labute approximate surface area is 85.1 Å². The molecule has 0 aromatic heterocycles. The number of hydrogen-bond acceptors (Lipinski definition) is 2. The van der Waals surface area contributed by atoms with Gasteiger partial charge < -0.3 is 10.8 Å². The Bertz CT molecular complexity index is 288. The SMILES string of the molecule is C/C(=C\c1ccccc1)C(CN)CO. The summed E-state index contributed by atoms with van der Waals surface area (Å²) in [6.45, 7) is 2.61. The van der Waals surface area contributed by atoms with Crippen molar-refractivity contribution in [1.82, 2.24) is 0 Å². The fraction of sp³-hybridized carbons (Fsp3) is 0.333. The van der Waals surface area contributed by atoms with Crippen molar-refractivity contribution in [2.75, 3.05) is 13.2 Å². The van der Waals surface area contributed by atoms with E-state index in [-0.39, 0.29) is 12.5 Å². The van der Waals surface area contributed by atoms with E-state index in [1.54, 1.807) is 0 Å². The van der Waals surface area contributed by atoms with Crippen LogP contribution >= 0.6 is 0 Å². The Morgan fingerprint density at radius 1 is 1.43 bits per heavy atom. The largest absolute Gasteiger partial charge is 0.396 e. The second-order valence-electron chi connectivity index (χ2n) is 3.41. The number of rotatable bonds is 4. The van der Waals surface area contributed by atoms with E-state index in [0.717, 1.165) is 11.1 Å². The monoisotopic (exact) mass is 191 g/mol. The summed E-state index contributed by atoms with van der Waals surface area (Å²) in [5, 5.41) is 9.05. The van der Waals surface area contributed by atoms with Gasteiger partial charge in [-0.05, 0) is 12.5 Å². The second-order valence-corrected chi connectivity index (χ2v) is 3.41. The summed E-state index contributed by atoms with van der Waals surface area (Å²) in [5.41, 5.74) is 7.81. The highest BCUT2D eigenvalue weighted by Crippen LogP contribution is 2.13. The van der Waals surface area contributed by atoms with E-state index >= 15 is 0 Å². The molecule has 2 heteroatoms. The van der Waals surface area contributed by atoms with Gasteiger partial charge in [-0.2, -0.15) is 0 Å². The fourth-order valence-corrected chi connectivity index (χ4v) is 1.33. The molecule has 0 saturated heterocycles. The Balaban J connectivity index is 2.77. The molecule has 0 saturated carbocycles. The van der Waals surface area contributed by atoms with E-state index in [1.165, 1.54) is 0 Å². The molecule has 0 aliphatic carbocycles. The molecule has 0 aliphatic rings. The smallest absolute Gasteiger partial charge is 0.0508 e. The van der Waals surface area contributed by atoms with Crippen molar-refractivity contribution in [2.24, 2.45) is 11.7 Å². The van der Waals surface area contributed by atoms with E-state index in [4.69, 9.17) is 10.8 Å². The predicted octanol–water partition coefficient (Wildman–Crippen LogP) is 1.66. The highest BCUT2D eigenvalue weighted by Gasteiger charge is 2.06. The molecule has 0 heterocycles. The molecule has 2 nitrogen and oxygen atoms in total. The van der Waals surface area contributed by atoms with Crippen molar-refractivity contribution in [3.63, 3.8) is 0 Å². The lowest BCUT2D eigenvalue weighted by Crippen LogP contribution is -2.18. The van der Waals surface area contributed by atoms with Gasteiger partial charge in [0.2, 0.25) is 0 Å². The van der Waals surface area contributed by atoms with Gasteiger partial charge in [0, 0.05) is 12.5 Å². The van der Waals surface area contributed by atoms with Gasteiger partial charge in [-0.1, -0.05) is 42.0 Å². The van der Waals surface area contributed by atoms with Crippen molar-refractivity contribution in [2.45, 2.75) is 6.92 Å². The Morgan fingerprint density at radius 3 is 2.57 bits per heavy atom. The van der Waals surface area contributed by atoms with Crippen LogP contribution in [0.15, 0.2) is 35.9 Å². The minimum atomic E-state index is 0.0789. The quantitative estimate of drug-likeness (QED) is 0.760. The first-order chi connectivity index (χ1) is 6.77. The van der Waals surface area contributed by atoms with Crippen molar-refractivity contribution in [1.29, 1.82) is 0 Å². The summed E-state index contributed by atoms with van der Waals surface area (Å²) in [6.07, 6.45) is 2.06. The Morgan fingerprint density at radius 2 is 2.07 bits per heavy atom. The van der Waals surface area contributed by atoms with Crippen LogP contribution in [0.25, 0.3) is 6.08 Å². The third kappa shape index (κ3) is 2.98. The minimum Gasteiger partial charge on any atom is -0.396 e. The first kappa shape index (κ1) is 11.0. The standard InChI is InChI=1S/C12H17NO/c1-10(12(8-13)9-14)7-11-5-3-2-4-6-11/h2-7,12,14H,8-9,13H2,1H3/b10-7+. The molecule has 14 heavy (non-hydrogen) atoms. The number of benzene rings is 1. The molecular weight excluding hydrogens is 174 g/mol. The van der Waals surface area contributed by atoms with Gasteiger partial charge in [0.05, 0.1) is 6.61 Å². The number of hydrogen-bond donors (Lipinski definition) is 2. The molecule has 1 aromatic carbocycles. The molecule has 1 rings (SSSR count). The van der Waals surface area contributed by atoms with Crippen LogP contribution in [-0.4, -0.2) is 18.3 Å². The third-order valence-corrected chi connectivity index (χ3v) is 2.34. The first-order valence-electron chi connectivity index (χ1n) is 4.82. The predicted molar refractivity (Wildman–Crippen MR) is 59.7 cm³/mol. The fourth-order valence-electron chi connectivity index (χ4n) is 1.33. The molecule has 0 spiro atoms. The van der Waals surface area contributed by atoms with Crippen LogP contribution in [0.3, 0.4) is 0 Å². The molecule has 0 radical (unpaired) electrons. The lowest BCUT2D eigenvalue weighted by Gasteiger charge is -2.11. The van der Waals surface area contributed by atoms with Crippen molar-refractivity contribution < 1.29 is 5.11 Å². The normalized spacial score (nSPS) is 14.1. The molecule has 0 fully saturated rings. The van der Waals surface area contributed by atoms with Gasteiger partial charge in [0.15, 0.2) is 0 Å². The summed E-state index contributed by atoms with van der Waals surface area (Å²) < 4.78 is 0. The van der Waals surface area contributed by atoms with E-state index < -0.39 is 0 Å². The maximum Gasteiger partial charge on any atom is 0.0508 e. The van der Waals surface area contributed by atoms with Crippen molar-refractivity contribution in [3.05, 3.63) is 41.5 Å². The van der Waals surface area contributed by atoms with Crippen molar-refractivity contribution >= 4 is 6.08 Å². The summed E-state index contributed by atoms with van der Waals surface area (Å²) in [5.74, 6) is 0.0789. The lowest BCUT2D eigenvalue weighted by molar-refractivity contribution is 0.250. The van der Waals surface area contributed by atoms with E-state index in [1.807, 2.05) is 37.3 Å². The molecular formula is C12H17NO. The average molecular weight is 191 g/mol. The van der Waals surface area contributed by atoms with Crippen LogP contribution in [0.5, 0.6) is 0 Å². The summed E-state index contributed by atoms with van der Waals surface area (Å²) in [4.78, 5) is 0. The van der Waals surface area contributed by atoms with Crippen molar-refractivity contribution in [3.8, 4) is 0 Å². The zero-order chi connectivity index (χ0) is 10.4. The highest BCUT2D eigenvalue weighted by atomic mass is 16.3. The zero-order valence-corrected chi connectivity index (χ0v) is 8.48. The Kier molecular flexibility index (Phi) is 4.36. The molecule has 3 N–H and O–H groups in total. The second kappa shape index (κ2) is 5.58. The number of aliphatic hydroxyl groups is 1. The Hall–Kier alpha value is -1.12. The van der Waals surface area contributed by atoms with Gasteiger partial charge in [-0.3, -0.25) is 0 Å². The topological polar surface area (TPSA) is 46.2 Å². The molecule has 0 bridgehead atoms. The summed E-state index contributed by atoms with van der Waals surface area (Å²) in [6, 6.07) is 10.0. The van der Waals surface area contributed by atoms with Crippen LogP contribution in [0.2, 0.25) is 0 Å². The molecule has 0 amide bonds. The van der Waals surface area contributed by atoms with Crippen LogP contribution in [0.4, 0.5) is 0 Å². The highest BCUT2D eigenvalue weighted by molar-refractivity contribution is 5.52. The molecule has 1 aromatic rings. The number of aliphatic hydroxyl groups excluding tert-OH is 1. The summed E-state index contributed by atoms with van der Waals surface area (Å²) >= 11 is 0. The van der Waals surface area contributed by atoms with Crippen LogP contribution in [0.1, 0.15) is 12.5 Å². The van der Waals surface area contributed by atoms with E-state index in [9.17, 15) is 0 Å². The molecule has 1 atom stereocenters. The molecule has 1 unspecified atom stereocenters. The minimum absolute atomic E-state index is 0.0789. The molecule has 76 valence electrons. The van der Waals surface area contributed by atoms with Crippen LogP contribution in [0, 0.1) is 5.92 Å². The van der Waals surface area contributed by atoms with Gasteiger partial charge in [-0.15, -0.1) is 0 Å². The maximum atomic E-state index is 9.05. The van der Waals surface area contributed by atoms with Crippen LogP contribution < -0.4 is 5.73 Å². The summed E-state index contributed by atoms with van der Waals surface area (Å²) in [7, 11) is 0. The molecule has 0 aliphatic heterocycles. The van der Waals surface area contributed by atoms with Gasteiger partial charge in [0.25, 0.3) is 0 Å². The maximum absolute atomic E-state index is 9.05. The van der Waals surface area contributed by atoms with E-state index in [2.05, 4.69) is 6.08 Å². The van der Waals surface area contributed by atoms with Crippen LogP contribution in [-0.2, 0) is 0 Å². The number of nitrogens with two attached hydrogens (primary N) is 1. The third-order valence-electron chi connectivity index (χ3n) is 2.34.